The first-order chi connectivity index (χ1) is 14.9. The smallest absolute Gasteiger partial charge is 0.242 e. The first-order valence-electron chi connectivity index (χ1n) is 10.5. The van der Waals surface area contributed by atoms with Crippen LogP contribution in [0.3, 0.4) is 0 Å². The lowest BCUT2D eigenvalue weighted by atomic mass is 9.71. The highest BCUT2D eigenvalue weighted by molar-refractivity contribution is 6.31. The lowest BCUT2D eigenvalue weighted by molar-refractivity contribution is -0.122. The fourth-order valence-corrected chi connectivity index (χ4v) is 4.89. The second-order valence-corrected chi connectivity index (χ2v) is 8.60. The summed E-state index contributed by atoms with van der Waals surface area (Å²) in [5.74, 6) is 0.208. The first-order valence-corrected chi connectivity index (χ1v) is 10.8. The van der Waals surface area contributed by atoms with Gasteiger partial charge in [-0.25, -0.2) is 0 Å². The van der Waals surface area contributed by atoms with Crippen LogP contribution >= 0.6 is 11.6 Å². The molecule has 1 aliphatic heterocycles. The zero-order valence-corrected chi connectivity index (χ0v) is 18.5. The number of hydrogen-bond acceptors (Lipinski definition) is 3. The number of aryl methyl sites for hydroxylation is 2. The molecule has 5 heteroatoms. The third-order valence-corrected chi connectivity index (χ3v) is 6.61. The molecule has 160 valence electrons. The minimum Gasteiger partial charge on any atom is -0.507 e. The van der Waals surface area contributed by atoms with Gasteiger partial charge in [0.25, 0.3) is 0 Å². The van der Waals surface area contributed by atoms with Crippen LogP contribution < -0.4 is 4.90 Å². The van der Waals surface area contributed by atoms with E-state index in [2.05, 4.69) is 0 Å². The normalized spacial score (nSPS) is 17.8. The number of amides is 1. The number of aliphatic hydroxyl groups excluding tert-OH is 1. The first kappa shape index (κ1) is 21.4. The molecular formula is C26H26ClNO3. The van der Waals surface area contributed by atoms with E-state index in [0.29, 0.717) is 24.4 Å². The van der Waals surface area contributed by atoms with Gasteiger partial charge in [0.1, 0.15) is 11.2 Å². The van der Waals surface area contributed by atoms with Crippen LogP contribution in [0.5, 0.6) is 5.75 Å². The summed E-state index contributed by atoms with van der Waals surface area (Å²) < 4.78 is 0. The number of benzene rings is 3. The van der Waals surface area contributed by atoms with Gasteiger partial charge in [0.2, 0.25) is 5.91 Å². The van der Waals surface area contributed by atoms with Gasteiger partial charge < -0.3 is 15.1 Å². The van der Waals surface area contributed by atoms with Crippen LogP contribution in [0.4, 0.5) is 5.69 Å². The highest BCUT2D eigenvalue weighted by atomic mass is 35.5. The van der Waals surface area contributed by atoms with Crippen LogP contribution in [0.15, 0.2) is 60.7 Å². The van der Waals surface area contributed by atoms with E-state index in [1.165, 1.54) is 0 Å². The molecule has 3 aromatic carbocycles. The minimum absolute atomic E-state index is 0.00222. The Morgan fingerprint density at radius 2 is 1.65 bits per heavy atom. The summed E-state index contributed by atoms with van der Waals surface area (Å²) >= 11 is 6.41. The van der Waals surface area contributed by atoms with E-state index >= 15 is 0 Å². The number of phenolic OH excluding ortho intramolecular Hbond substituents is 1. The number of nitrogens with zero attached hydrogens (tertiary/aromatic N) is 1. The number of para-hydroxylation sites is 1. The lowest BCUT2D eigenvalue weighted by Crippen LogP contribution is -2.41. The summed E-state index contributed by atoms with van der Waals surface area (Å²) in [7, 11) is 0. The molecule has 1 aliphatic rings. The van der Waals surface area contributed by atoms with E-state index in [9.17, 15) is 15.0 Å². The number of phenols is 1. The molecule has 1 heterocycles. The standard InChI is InChI=1S/C26H26ClNO3/c1-17-14-20(15-18(2)24(17)30)26(12-7-13-29)21-9-4-6-11-23(21)28(25(26)31)16-19-8-3-5-10-22(19)27/h3-6,8-11,14-15,29-30H,7,12-13,16H2,1-2H3. The molecule has 0 saturated heterocycles. The van der Waals surface area contributed by atoms with Gasteiger partial charge >= 0.3 is 0 Å². The van der Waals surface area contributed by atoms with E-state index in [0.717, 1.165) is 33.5 Å². The predicted octanol–water partition coefficient (Wildman–Crippen LogP) is 5.27. The van der Waals surface area contributed by atoms with Crippen LogP contribution in [0, 0.1) is 13.8 Å². The molecule has 1 unspecified atom stereocenters. The summed E-state index contributed by atoms with van der Waals surface area (Å²) in [6.07, 6.45) is 0.959. The zero-order valence-electron chi connectivity index (χ0n) is 17.7. The van der Waals surface area contributed by atoms with E-state index in [1.54, 1.807) is 4.90 Å². The van der Waals surface area contributed by atoms with E-state index in [-0.39, 0.29) is 18.3 Å². The average Bonchev–Trinajstić information content (AvgIpc) is 3.00. The maximum atomic E-state index is 14.2. The lowest BCUT2D eigenvalue weighted by Gasteiger charge is -2.30. The number of aromatic hydroxyl groups is 1. The van der Waals surface area contributed by atoms with Crippen molar-refractivity contribution in [2.45, 2.75) is 38.6 Å². The fraction of sp³-hybridized carbons (Fsp3) is 0.269. The number of carbonyl (C=O) groups excluding carboxylic acids is 1. The Labute approximate surface area is 187 Å². The van der Waals surface area contributed by atoms with Crippen molar-refractivity contribution >= 4 is 23.2 Å². The Balaban J connectivity index is 1.91. The van der Waals surface area contributed by atoms with Crippen molar-refractivity contribution in [2.75, 3.05) is 11.5 Å². The van der Waals surface area contributed by atoms with Crippen molar-refractivity contribution < 1.29 is 15.0 Å². The predicted molar refractivity (Wildman–Crippen MR) is 124 cm³/mol. The molecule has 0 aliphatic carbocycles. The Morgan fingerprint density at radius 1 is 1.00 bits per heavy atom. The third kappa shape index (κ3) is 3.50. The largest absolute Gasteiger partial charge is 0.507 e. The number of aliphatic hydroxyl groups is 1. The van der Waals surface area contributed by atoms with Crippen LogP contribution in [-0.2, 0) is 16.8 Å². The topological polar surface area (TPSA) is 60.8 Å². The molecule has 1 amide bonds. The summed E-state index contributed by atoms with van der Waals surface area (Å²) in [5.41, 5.74) is 4.03. The van der Waals surface area contributed by atoms with Crippen molar-refractivity contribution in [2.24, 2.45) is 0 Å². The van der Waals surface area contributed by atoms with Crippen molar-refractivity contribution in [3.05, 3.63) is 93.5 Å². The highest BCUT2D eigenvalue weighted by Crippen LogP contribution is 2.50. The second-order valence-electron chi connectivity index (χ2n) is 8.19. The highest BCUT2D eigenvalue weighted by Gasteiger charge is 2.51. The summed E-state index contributed by atoms with van der Waals surface area (Å²) in [6, 6.07) is 19.2. The Bertz CT molecular complexity index is 1120. The summed E-state index contributed by atoms with van der Waals surface area (Å²) in [6.45, 7) is 4.06. The third-order valence-electron chi connectivity index (χ3n) is 6.24. The van der Waals surface area contributed by atoms with Gasteiger partial charge in [0, 0.05) is 17.3 Å². The molecule has 2 N–H and O–H groups in total. The maximum absolute atomic E-state index is 14.2. The van der Waals surface area contributed by atoms with Crippen LogP contribution in [0.2, 0.25) is 5.02 Å². The number of carbonyl (C=O) groups is 1. The molecule has 0 spiro atoms. The van der Waals surface area contributed by atoms with E-state index in [1.807, 2.05) is 74.5 Å². The molecule has 0 bridgehead atoms. The number of rotatable bonds is 6. The molecule has 3 aromatic rings. The van der Waals surface area contributed by atoms with Crippen molar-refractivity contribution in [1.29, 1.82) is 0 Å². The van der Waals surface area contributed by atoms with Gasteiger partial charge in [0.15, 0.2) is 0 Å². The number of anilines is 1. The Morgan fingerprint density at radius 3 is 2.32 bits per heavy atom. The molecule has 4 rings (SSSR count). The summed E-state index contributed by atoms with van der Waals surface area (Å²) in [5, 5.41) is 20.6. The van der Waals surface area contributed by atoms with Crippen LogP contribution in [0.25, 0.3) is 0 Å². The molecule has 0 aromatic heterocycles. The number of fused-ring (bicyclic) bond motifs is 1. The SMILES string of the molecule is Cc1cc(C2(CCCO)C(=O)N(Cc3ccccc3Cl)c3ccccc32)cc(C)c1O. The van der Waals surface area contributed by atoms with Gasteiger partial charge in [-0.1, -0.05) is 60.1 Å². The van der Waals surface area contributed by atoms with Crippen molar-refractivity contribution in [1.82, 2.24) is 0 Å². The van der Waals surface area contributed by atoms with Gasteiger partial charge in [-0.2, -0.15) is 0 Å². The molecule has 31 heavy (non-hydrogen) atoms. The minimum atomic E-state index is -0.927. The molecule has 4 nitrogen and oxygen atoms in total. The fourth-order valence-electron chi connectivity index (χ4n) is 4.69. The number of halogens is 1. The van der Waals surface area contributed by atoms with Crippen molar-refractivity contribution in [3.63, 3.8) is 0 Å². The van der Waals surface area contributed by atoms with Crippen molar-refractivity contribution in [3.8, 4) is 5.75 Å². The maximum Gasteiger partial charge on any atom is 0.242 e. The van der Waals surface area contributed by atoms with Gasteiger partial charge in [0.05, 0.1) is 6.54 Å². The zero-order chi connectivity index (χ0) is 22.2. The van der Waals surface area contributed by atoms with Crippen LogP contribution in [0.1, 0.15) is 40.7 Å². The Kier molecular flexibility index (Phi) is 5.78. The van der Waals surface area contributed by atoms with E-state index in [4.69, 9.17) is 11.6 Å². The molecule has 0 fully saturated rings. The van der Waals surface area contributed by atoms with Gasteiger partial charge in [-0.15, -0.1) is 0 Å². The number of hydrogen-bond donors (Lipinski definition) is 2. The molecule has 0 saturated carbocycles. The van der Waals surface area contributed by atoms with E-state index < -0.39 is 5.41 Å². The average molecular weight is 436 g/mol. The monoisotopic (exact) mass is 435 g/mol. The molecular weight excluding hydrogens is 410 g/mol. The van der Waals surface area contributed by atoms with Gasteiger partial charge in [-0.05, 0) is 66.6 Å². The molecule has 1 atom stereocenters. The summed E-state index contributed by atoms with van der Waals surface area (Å²) in [4.78, 5) is 15.9. The second kappa shape index (κ2) is 8.37. The van der Waals surface area contributed by atoms with Gasteiger partial charge in [-0.3, -0.25) is 4.79 Å². The quantitative estimate of drug-likeness (QED) is 0.554. The Hall–Kier alpha value is -2.82. The van der Waals surface area contributed by atoms with Crippen LogP contribution in [-0.4, -0.2) is 22.7 Å². The molecule has 0 radical (unpaired) electrons.